The summed E-state index contributed by atoms with van der Waals surface area (Å²) in [5.74, 6) is 0. The van der Waals surface area contributed by atoms with Gasteiger partial charge in [-0.1, -0.05) is 0 Å². The summed E-state index contributed by atoms with van der Waals surface area (Å²) in [6, 6.07) is 10.8. The van der Waals surface area contributed by atoms with Crippen molar-refractivity contribution in [3.63, 3.8) is 0 Å². The van der Waals surface area contributed by atoms with Gasteiger partial charge >= 0.3 is 158 Å². The molecule has 0 saturated heterocycles. The van der Waals surface area contributed by atoms with Crippen molar-refractivity contribution in [3.8, 4) is 0 Å². The van der Waals surface area contributed by atoms with Crippen LogP contribution >= 0.6 is 47.4 Å². The van der Waals surface area contributed by atoms with E-state index in [4.69, 9.17) is 0 Å². The van der Waals surface area contributed by atoms with Crippen LogP contribution in [0.2, 0.25) is 0 Å². The first-order chi connectivity index (χ1) is 10.7. The fraction of sp³-hybridized carbons (Fsp3) is 0.158. The SMILES string of the molecule is CC1=CC2=C[C](I)([Zr][C]3=CC=CC3)N(c3ccccc3)C2=C1.Cl.Cl. The number of anilines is 1. The van der Waals surface area contributed by atoms with Gasteiger partial charge in [-0.25, -0.2) is 0 Å². The van der Waals surface area contributed by atoms with E-state index in [1.54, 1.807) is 3.28 Å². The van der Waals surface area contributed by atoms with Gasteiger partial charge in [-0.05, 0) is 0 Å². The predicted octanol–water partition coefficient (Wildman–Crippen LogP) is 6.14. The zero-order chi connectivity index (χ0) is 15.2. The molecule has 2 aliphatic carbocycles. The normalized spacial score (nSPS) is 23.5. The third-order valence-electron chi connectivity index (χ3n) is 4.08. The number of rotatable bonds is 3. The molecule has 0 spiro atoms. The van der Waals surface area contributed by atoms with Gasteiger partial charge in [-0.2, -0.15) is 0 Å². The van der Waals surface area contributed by atoms with Crippen LogP contribution < -0.4 is 4.90 Å². The number of nitrogens with zero attached hydrogens (tertiary/aromatic N) is 1. The smallest absolute Gasteiger partial charge is 0.147 e. The molecule has 0 amide bonds. The number of alkyl halides is 1. The van der Waals surface area contributed by atoms with Crippen molar-refractivity contribution in [2.75, 3.05) is 4.90 Å². The summed E-state index contributed by atoms with van der Waals surface area (Å²) >= 11 is 1.96. The Bertz CT molecular complexity index is 780. The molecule has 1 aliphatic heterocycles. The van der Waals surface area contributed by atoms with E-state index in [1.165, 1.54) is 22.5 Å². The Labute approximate surface area is 181 Å². The molecule has 0 radical (unpaired) electrons. The minimum atomic E-state index is -0.745. The standard InChI is InChI=1S/C14H11IN.C5H5.2ClH.Zr/c1-10-7-11-9-14(15)16(13(11)8-10)12-5-3-2-4-6-12;1-2-4-5-3-1;;;/h2-9H,1H3;1-3H,4H2;2*1H;. The number of hydrogen-bond acceptors (Lipinski definition) is 1. The topological polar surface area (TPSA) is 3.24 Å². The fourth-order valence-corrected chi connectivity index (χ4v) is 9.64. The van der Waals surface area contributed by atoms with E-state index in [-0.39, 0.29) is 26.1 Å². The molecule has 5 heteroatoms. The van der Waals surface area contributed by atoms with Crippen molar-refractivity contribution in [1.82, 2.24) is 0 Å². The second-order valence-electron chi connectivity index (χ2n) is 5.81. The Kier molecular flexibility index (Phi) is 6.81. The molecular weight excluding hydrogens is 531 g/mol. The quantitative estimate of drug-likeness (QED) is 0.249. The zero-order valence-corrected chi connectivity index (χ0v) is 19.4. The van der Waals surface area contributed by atoms with E-state index in [9.17, 15) is 0 Å². The Morgan fingerprint density at radius 1 is 1.12 bits per heavy atom. The number of para-hydroxylation sites is 1. The molecule has 1 heterocycles. The first kappa shape index (κ1) is 20.2. The average molecular weight is 549 g/mol. The molecule has 0 aromatic heterocycles. The second-order valence-corrected chi connectivity index (χ2v) is 14.0. The molecule has 1 nitrogen and oxygen atoms in total. The number of allylic oxidation sites excluding steroid dienone is 7. The summed E-state index contributed by atoms with van der Waals surface area (Å²) in [5, 5.41) is 0. The van der Waals surface area contributed by atoms with Crippen LogP contribution in [0.3, 0.4) is 0 Å². The second kappa shape index (κ2) is 8.07. The van der Waals surface area contributed by atoms with Gasteiger partial charge in [-0.3, -0.25) is 0 Å². The van der Waals surface area contributed by atoms with Gasteiger partial charge in [0.2, 0.25) is 0 Å². The number of benzene rings is 1. The zero-order valence-electron chi connectivity index (χ0n) is 13.2. The predicted molar refractivity (Wildman–Crippen MR) is 112 cm³/mol. The van der Waals surface area contributed by atoms with Crippen LogP contribution in [0.15, 0.2) is 86.9 Å². The van der Waals surface area contributed by atoms with Gasteiger partial charge in [-0.15, -0.1) is 24.8 Å². The average Bonchev–Trinajstić information content (AvgIpc) is 3.15. The van der Waals surface area contributed by atoms with Crippen molar-refractivity contribution >= 4 is 53.1 Å². The molecule has 1 aromatic rings. The van der Waals surface area contributed by atoms with Crippen LogP contribution in [0.4, 0.5) is 5.69 Å². The van der Waals surface area contributed by atoms with Crippen LogP contribution in [-0.4, -0.2) is 1.25 Å². The molecule has 1 aromatic carbocycles. The van der Waals surface area contributed by atoms with E-state index in [2.05, 4.69) is 101 Å². The summed E-state index contributed by atoms with van der Waals surface area (Å²) in [7, 11) is 0. The van der Waals surface area contributed by atoms with E-state index in [0.717, 1.165) is 6.42 Å². The number of fused-ring (bicyclic) bond motifs is 1. The molecule has 3 aliphatic rings. The van der Waals surface area contributed by atoms with Crippen LogP contribution in [0.25, 0.3) is 0 Å². The summed E-state index contributed by atoms with van der Waals surface area (Å²) < 4.78 is 1.83. The molecule has 0 saturated carbocycles. The van der Waals surface area contributed by atoms with Crippen molar-refractivity contribution in [2.45, 2.75) is 14.6 Å². The molecule has 1 atom stereocenters. The monoisotopic (exact) mass is 547 g/mol. The van der Waals surface area contributed by atoms with Gasteiger partial charge in [0, 0.05) is 0 Å². The third kappa shape index (κ3) is 3.70. The molecule has 0 fully saturated rings. The van der Waals surface area contributed by atoms with Crippen LogP contribution in [-0.2, 0) is 23.2 Å². The fourth-order valence-electron chi connectivity index (χ4n) is 3.18. The maximum Gasteiger partial charge on any atom is -0.147 e. The summed E-state index contributed by atoms with van der Waals surface area (Å²) in [6.07, 6.45) is 15.2. The molecule has 24 heavy (non-hydrogen) atoms. The molecule has 124 valence electrons. The molecule has 4 rings (SSSR count). The van der Waals surface area contributed by atoms with Gasteiger partial charge in [0.05, 0.1) is 0 Å². The molecule has 1 unspecified atom stereocenters. The van der Waals surface area contributed by atoms with Crippen molar-refractivity contribution in [1.29, 1.82) is 0 Å². The van der Waals surface area contributed by atoms with E-state index < -0.39 is 23.2 Å². The third-order valence-corrected chi connectivity index (χ3v) is 9.93. The number of halogens is 3. The summed E-state index contributed by atoms with van der Waals surface area (Å²) in [5.41, 5.74) is 5.45. The summed E-state index contributed by atoms with van der Waals surface area (Å²) in [4.78, 5) is 2.57. The van der Waals surface area contributed by atoms with Crippen LogP contribution in [0, 0.1) is 0 Å². The van der Waals surface area contributed by atoms with Crippen LogP contribution in [0.5, 0.6) is 0 Å². The van der Waals surface area contributed by atoms with Gasteiger partial charge in [0.15, 0.2) is 0 Å². The minimum Gasteiger partial charge on any atom is -0.147 e. The number of hydrogen-bond donors (Lipinski definition) is 0. The van der Waals surface area contributed by atoms with Crippen molar-refractivity contribution < 1.29 is 23.2 Å². The first-order valence-electron chi connectivity index (χ1n) is 7.47. The van der Waals surface area contributed by atoms with E-state index in [0.29, 0.717) is 0 Å². The Morgan fingerprint density at radius 3 is 2.54 bits per heavy atom. The Balaban J connectivity index is 0.00000104. The Hall–Kier alpha value is -0.0869. The first-order valence-corrected chi connectivity index (χ1v) is 11.0. The van der Waals surface area contributed by atoms with E-state index >= 15 is 0 Å². The Morgan fingerprint density at radius 2 is 1.88 bits per heavy atom. The largest absolute Gasteiger partial charge is 0.147 e. The van der Waals surface area contributed by atoms with Crippen LogP contribution in [0.1, 0.15) is 13.3 Å². The maximum absolute atomic E-state index is 2.70. The molecule has 0 bridgehead atoms. The maximum atomic E-state index is 2.70. The van der Waals surface area contributed by atoms with E-state index in [1.807, 2.05) is 0 Å². The van der Waals surface area contributed by atoms with Gasteiger partial charge in [0.25, 0.3) is 0 Å². The van der Waals surface area contributed by atoms with Crippen molar-refractivity contribution in [3.05, 3.63) is 86.9 Å². The molecular formula is C19H18Cl2INZr. The van der Waals surface area contributed by atoms with Gasteiger partial charge < -0.3 is 0 Å². The summed E-state index contributed by atoms with van der Waals surface area (Å²) in [6.45, 7) is 2.19. The minimum absolute atomic E-state index is 0. The van der Waals surface area contributed by atoms with Crippen molar-refractivity contribution in [2.24, 2.45) is 0 Å². The van der Waals surface area contributed by atoms with Gasteiger partial charge in [0.1, 0.15) is 0 Å². The molecule has 0 N–H and O–H groups in total.